The molecule has 3 rings (SSSR count). The molecule has 0 saturated carbocycles. The monoisotopic (exact) mass is 329 g/mol. The Labute approximate surface area is 139 Å². The van der Waals surface area contributed by atoms with Crippen LogP contribution in [0.25, 0.3) is 0 Å². The number of benzene rings is 1. The fraction of sp³-hybridized carbons (Fsp3) is 0.333. The van der Waals surface area contributed by atoms with Crippen molar-refractivity contribution in [2.24, 2.45) is 0 Å². The number of hydrogen-bond donors (Lipinski definition) is 1. The molecular weight excluding hydrogens is 310 g/mol. The highest BCUT2D eigenvalue weighted by Crippen LogP contribution is 2.30. The van der Waals surface area contributed by atoms with Gasteiger partial charge < -0.3 is 10.0 Å². The molecule has 1 aliphatic heterocycles. The number of carbonyl (C=O) groups is 2. The zero-order chi connectivity index (χ0) is 16.2. The van der Waals surface area contributed by atoms with Gasteiger partial charge in [-0.25, -0.2) is 0 Å². The molecule has 2 heterocycles. The summed E-state index contributed by atoms with van der Waals surface area (Å²) in [5, 5.41) is 11.6. The van der Waals surface area contributed by atoms with E-state index in [0.29, 0.717) is 11.4 Å². The van der Waals surface area contributed by atoms with Crippen molar-refractivity contribution in [2.45, 2.75) is 25.3 Å². The van der Waals surface area contributed by atoms with Crippen LogP contribution >= 0.6 is 11.3 Å². The lowest BCUT2D eigenvalue weighted by atomic mass is 9.92. The Bertz CT molecular complexity index is 696. The predicted molar refractivity (Wildman–Crippen MR) is 89.6 cm³/mol. The number of ketones is 1. The van der Waals surface area contributed by atoms with E-state index in [1.54, 1.807) is 11.0 Å². The van der Waals surface area contributed by atoms with Crippen LogP contribution in [0, 0.1) is 0 Å². The number of hydrogen-bond acceptors (Lipinski definition) is 4. The van der Waals surface area contributed by atoms with Crippen molar-refractivity contribution in [3.8, 4) is 0 Å². The summed E-state index contributed by atoms with van der Waals surface area (Å²) in [7, 11) is 0. The Morgan fingerprint density at radius 1 is 1.17 bits per heavy atom. The minimum Gasteiger partial charge on any atom is -0.394 e. The quantitative estimate of drug-likeness (QED) is 0.858. The van der Waals surface area contributed by atoms with Gasteiger partial charge in [0, 0.05) is 19.4 Å². The summed E-state index contributed by atoms with van der Waals surface area (Å²) < 4.78 is 0. The molecule has 0 radical (unpaired) electrons. The number of amides is 1. The van der Waals surface area contributed by atoms with Crippen LogP contribution in [0.3, 0.4) is 0 Å². The van der Waals surface area contributed by atoms with Crippen LogP contribution in [-0.4, -0.2) is 34.8 Å². The fourth-order valence-electron chi connectivity index (χ4n) is 3.07. The van der Waals surface area contributed by atoms with Crippen molar-refractivity contribution in [1.29, 1.82) is 0 Å². The SMILES string of the molecule is O=C(CCC(=O)N1CCc2ccccc2[C@H]1CO)c1cccs1. The molecule has 1 aromatic heterocycles. The van der Waals surface area contributed by atoms with E-state index >= 15 is 0 Å². The van der Waals surface area contributed by atoms with Gasteiger partial charge in [0.2, 0.25) is 5.91 Å². The van der Waals surface area contributed by atoms with E-state index in [1.807, 2.05) is 35.7 Å². The van der Waals surface area contributed by atoms with Gasteiger partial charge in [-0.05, 0) is 29.0 Å². The number of fused-ring (bicyclic) bond motifs is 1. The Morgan fingerprint density at radius 3 is 2.74 bits per heavy atom. The molecule has 0 fully saturated rings. The second-order valence-electron chi connectivity index (χ2n) is 5.63. The molecule has 0 aliphatic carbocycles. The largest absolute Gasteiger partial charge is 0.394 e. The van der Waals surface area contributed by atoms with Gasteiger partial charge in [0.05, 0.1) is 17.5 Å². The molecule has 2 aromatic rings. The molecule has 0 saturated heterocycles. The van der Waals surface area contributed by atoms with Crippen LogP contribution < -0.4 is 0 Å². The van der Waals surface area contributed by atoms with Crippen molar-refractivity contribution in [3.05, 3.63) is 57.8 Å². The molecule has 23 heavy (non-hydrogen) atoms. The molecule has 0 unspecified atom stereocenters. The molecule has 5 heteroatoms. The first kappa shape index (κ1) is 15.9. The molecule has 1 N–H and O–H groups in total. The zero-order valence-electron chi connectivity index (χ0n) is 12.8. The Morgan fingerprint density at radius 2 is 2.00 bits per heavy atom. The van der Waals surface area contributed by atoms with Crippen molar-refractivity contribution in [2.75, 3.05) is 13.2 Å². The highest BCUT2D eigenvalue weighted by Gasteiger charge is 2.30. The molecule has 0 spiro atoms. The predicted octanol–water partition coefficient (Wildman–Crippen LogP) is 2.83. The normalized spacial score (nSPS) is 16.9. The van der Waals surface area contributed by atoms with Gasteiger partial charge in [0.1, 0.15) is 0 Å². The summed E-state index contributed by atoms with van der Waals surface area (Å²) in [6.45, 7) is 0.496. The van der Waals surface area contributed by atoms with E-state index < -0.39 is 0 Å². The topological polar surface area (TPSA) is 57.6 Å². The summed E-state index contributed by atoms with van der Waals surface area (Å²) in [5.41, 5.74) is 2.20. The smallest absolute Gasteiger partial charge is 0.223 e. The highest BCUT2D eigenvalue weighted by molar-refractivity contribution is 7.12. The highest BCUT2D eigenvalue weighted by atomic mass is 32.1. The number of thiophene rings is 1. The van der Waals surface area contributed by atoms with E-state index in [2.05, 4.69) is 0 Å². The van der Waals surface area contributed by atoms with Crippen molar-refractivity contribution in [1.82, 2.24) is 4.90 Å². The maximum absolute atomic E-state index is 12.5. The third-order valence-electron chi connectivity index (χ3n) is 4.27. The van der Waals surface area contributed by atoms with E-state index in [4.69, 9.17) is 0 Å². The van der Waals surface area contributed by atoms with Crippen LogP contribution in [0.15, 0.2) is 41.8 Å². The number of aliphatic hydroxyl groups is 1. The van der Waals surface area contributed by atoms with Gasteiger partial charge in [-0.15, -0.1) is 11.3 Å². The first-order valence-electron chi connectivity index (χ1n) is 7.75. The number of Topliss-reactive ketones (excluding diaryl/α,β-unsaturated/α-hetero) is 1. The number of nitrogens with zero attached hydrogens (tertiary/aromatic N) is 1. The number of rotatable bonds is 5. The summed E-state index contributed by atoms with van der Waals surface area (Å²) in [5.74, 6) is -0.0604. The molecule has 0 bridgehead atoms. The molecule has 1 aromatic carbocycles. The van der Waals surface area contributed by atoms with E-state index in [0.717, 1.165) is 12.0 Å². The van der Waals surface area contributed by atoms with Crippen LogP contribution in [0.5, 0.6) is 0 Å². The summed E-state index contributed by atoms with van der Waals surface area (Å²) >= 11 is 1.40. The fourth-order valence-corrected chi connectivity index (χ4v) is 3.77. The molecule has 1 atom stereocenters. The average Bonchev–Trinajstić information content (AvgIpc) is 3.13. The van der Waals surface area contributed by atoms with E-state index in [-0.39, 0.29) is 37.2 Å². The molecule has 120 valence electrons. The van der Waals surface area contributed by atoms with Crippen LogP contribution in [-0.2, 0) is 11.2 Å². The molecular formula is C18H19NO3S. The standard InChI is InChI=1S/C18H19NO3S/c20-12-15-14-5-2-1-4-13(14)9-10-19(15)18(22)8-7-16(21)17-6-3-11-23-17/h1-6,11,15,20H,7-10,12H2/t15-/m1/s1. The summed E-state index contributed by atoms with van der Waals surface area (Å²) in [4.78, 5) is 27.0. The van der Waals surface area contributed by atoms with Gasteiger partial charge in [-0.1, -0.05) is 30.3 Å². The number of aliphatic hydroxyl groups excluding tert-OH is 1. The maximum Gasteiger partial charge on any atom is 0.223 e. The van der Waals surface area contributed by atoms with E-state index in [1.165, 1.54) is 16.9 Å². The Hall–Kier alpha value is -1.98. The third kappa shape index (κ3) is 3.35. The maximum atomic E-state index is 12.5. The van der Waals surface area contributed by atoms with Gasteiger partial charge in [0.25, 0.3) is 0 Å². The minimum absolute atomic E-state index is 0.00584. The molecule has 1 aliphatic rings. The zero-order valence-corrected chi connectivity index (χ0v) is 13.6. The van der Waals surface area contributed by atoms with Crippen molar-refractivity contribution >= 4 is 23.0 Å². The van der Waals surface area contributed by atoms with Gasteiger partial charge >= 0.3 is 0 Å². The average molecular weight is 329 g/mol. The first-order valence-corrected chi connectivity index (χ1v) is 8.63. The lowest BCUT2D eigenvalue weighted by molar-refractivity contribution is -0.135. The van der Waals surface area contributed by atoms with Gasteiger partial charge in [-0.2, -0.15) is 0 Å². The van der Waals surface area contributed by atoms with Crippen LogP contribution in [0.2, 0.25) is 0 Å². The summed E-state index contributed by atoms with van der Waals surface area (Å²) in [6.07, 6.45) is 1.20. The van der Waals surface area contributed by atoms with Crippen LogP contribution in [0.4, 0.5) is 0 Å². The van der Waals surface area contributed by atoms with Gasteiger partial charge in [-0.3, -0.25) is 9.59 Å². The lowest BCUT2D eigenvalue weighted by Crippen LogP contribution is -2.41. The minimum atomic E-state index is -0.302. The molecule has 1 amide bonds. The van der Waals surface area contributed by atoms with Gasteiger partial charge in [0.15, 0.2) is 5.78 Å². The van der Waals surface area contributed by atoms with Crippen LogP contribution in [0.1, 0.15) is 39.7 Å². The number of carbonyl (C=O) groups excluding carboxylic acids is 2. The second kappa shape index (κ2) is 7.06. The Kier molecular flexibility index (Phi) is 4.88. The first-order chi connectivity index (χ1) is 11.2. The lowest BCUT2D eigenvalue weighted by Gasteiger charge is -2.36. The third-order valence-corrected chi connectivity index (χ3v) is 5.18. The van der Waals surface area contributed by atoms with Crippen molar-refractivity contribution in [3.63, 3.8) is 0 Å². The van der Waals surface area contributed by atoms with E-state index in [9.17, 15) is 14.7 Å². The second-order valence-corrected chi connectivity index (χ2v) is 6.58. The summed E-state index contributed by atoms with van der Waals surface area (Å²) in [6, 6.07) is 11.2. The van der Waals surface area contributed by atoms with Crippen molar-refractivity contribution < 1.29 is 14.7 Å². The Balaban J connectivity index is 1.66. The molecule has 4 nitrogen and oxygen atoms in total.